The molecule has 0 rings (SSSR count). The zero-order valence-corrected chi connectivity index (χ0v) is 10.9. The van der Waals surface area contributed by atoms with E-state index < -0.39 is 25.3 Å². The molecule has 0 fully saturated rings. The molecule has 11 heteroatoms. The fourth-order valence-electron chi connectivity index (χ4n) is 0.897. The van der Waals surface area contributed by atoms with Crippen LogP contribution in [0, 0.1) is 0 Å². The fourth-order valence-corrected chi connectivity index (χ4v) is 2.36. The third-order valence-electron chi connectivity index (χ3n) is 1.52. The SMILES string of the molecule is O=C(CC(F)(F)F)NCCNCCSP(=O)(O)O. The molecule has 0 unspecified atom stereocenters. The third-order valence-corrected chi connectivity index (χ3v) is 3.80. The summed E-state index contributed by atoms with van der Waals surface area (Å²) in [5, 5.41) is 4.78. The van der Waals surface area contributed by atoms with Gasteiger partial charge in [0.05, 0.1) is 0 Å². The Balaban J connectivity index is 3.41. The highest BCUT2D eigenvalue weighted by atomic mass is 32.7. The molecule has 18 heavy (non-hydrogen) atoms. The number of nitrogens with one attached hydrogen (secondary N) is 2. The summed E-state index contributed by atoms with van der Waals surface area (Å²) in [6.45, 7) is -3.55. The maximum absolute atomic E-state index is 11.7. The Morgan fingerprint density at radius 3 is 2.33 bits per heavy atom. The molecule has 0 aromatic rings. The van der Waals surface area contributed by atoms with E-state index in [-0.39, 0.29) is 25.4 Å². The largest absolute Gasteiger partial charge is 0.397 e. The summed E-state index contributed by atoms with van der Waals surface area (Å²) in [6, 6.07) is 0. The van der Waals surface area contributed by atoms with Crippen LogP contribution in [0.3, 0.4) is 0 Å². The topological polar surface area (TPSA) is 98.7 Å². The highest BCUT2D eigenvalue weighted by molar-refractivity contribution is 8.54. The van der Waals surface area contributed by atoms with Gasteiger partial charge < -0.3 is 20.4 Å². The van der Waals surface area contributed by atoms with Gasteiger partial charge in [-0.05, 0) is 11.4 Å². The molecule has 0 aromatic carbocycles. The Labute approximate surface area is 106 Å². The molecule has 1 amide bonds. The van der Waals surface area contributed by atoms with Crippen LogP contribution in [-0.4, -0.2) is 47.3 Å². The van der Waals surface area contributed by atoms with Gasteiger partial charge in [-0.15, -0.1) is 0 Å². The molecule has 0 heterocycles. The van der Waals surface area contributed by atoms with E-state index in [1.54, 1.807) is 0 Å². The van der Waals surface area contributed by atoms with Crippen molar-refractivity contribution < 1.29 is 32.3 Å². The lowest BCUT2D eigenvalue weighted by atomic mass is 10.4. The lowest BCUT2D eigenvalue weighted by Gasteiger charge is -2.08. The molecule has 0 bridgehead atoms. The van der Waals surface area contributed by atoms with Crippen molar-refractivity contribution >= 4 is 24.1 Å². The van der Waals surface area contributed by atoms with Gasteiger partial charge in [-0.1, -0.05) is 0 Å². The van der Waals surface area contributed by atoms with Crippen molar-refractivity contribution in [3.8, 4) is 0 Å². The molecule has 6 nitrogen and oxygen atoms in total. The van der Waals surface area contributed by atoms with Gasteiger partial charge in [-0.25, -0.2) is 4.57 Å². The molecule has 4 N–H and O–H groups in total. The minimum absolute atomic E-state index is 0.0233. The highest BCUT2D eigenvalue weighted by Crippen LogP contribution is 2.49. The molecule has 0 aliphatic carbocycles. The van der Waals surface area contributed by atoms with E-state index in [0.717, 1.165) is 0 Å². The molecule has 0 saturated heterocycles. The van der Waals surface area contributed by atoms with Crippen LogP contribution in [0.4, 0.5) is 13.2 Å². The number of halogens is 3. The lowest BCUT2D eigenvalue weighted by molar-refractivity contribution is -0.153. The third kappa shape index (κ3) is 13.8. The quantitative estimate of drug-likeness (QED) is 0.384. The standard InChI is InChI=1S/C7H14F3N2O4PS/c8-7(9,10)5-6(13)12-2-1-11-3-4-18-17(14,15)16/h11H,1-5H2,(H,12,13)(H2,14,15,16). The van der Waals surface area contributed by atoms with E-state index in [9.17, 15) is 22.5 Å². The molecule has 0 atom stereocenters. The van der Waals surface area contributed by atoms with Crippen molar-refractivity contribution in [2.45, 2.75) is 12.6 Å². The highest BCUT2D eigenvalue weighted by Gasteiger charge is 2.30. The van der Waals surface area contributed by atoms with Gasteiger partial charge in [-0.2, -0.15) is 13.2 Å². The maximum Gasteiger partial charge on any atom is 0.397 e. The first-order valence-corrected chi connectivity index (χ1v) is 8.05. The number of amides is 1. The Morgan fingerprint density at radius 1 is 1.22 bits per heavy atom. The number of carbonyl (C=O) groups is 1. The van der Waals surface area contributed by atoms with Gasteiger partial charge in [0.1, 0.15) is 6.42 Å². The van der Waals surface area contributed by atoms with Crippen molar-refractivity contribution in [2.24, 2.45) is 0 Å². The van der Waals surface area contributed by atoms with Gasteiger partial charge in [0.25, 0.3) is 0 Å². The normalized spacial score (nSPS) is 12.5. The van der Waals surface area contributed by atoms with Crippen LogP contribution in [0.1, 0.15) is 6.42 Å². The van der Waals surface area contributed by atoms with E-state index >= 15 is 0 Å². The monoisotopic (exact) mass is 310 g/mol. The summed E-state index contributed by atoms with van der Waals surface area (Å²) in [6.07, 6.45) is -6.03. The Hall–Kier alpha value is -0.280. The van der Waals surface area contributed by atoms with Gasteiger partial charge >= 0.3 is 13.0 Å². The van der Waals surface area contributed by atoms with E-state index in [4.69, 9.17) is 9.79 Å². The molecule has 0 aliphatic rings. The lowest BCUT2D eigenvalue weighted by Crippen LogP contribution is -2.34. The van der Waals surface area contributed by atoms with Crippen LogP contribution in [0.5, 0.6) is 0 Å². The molecule has 108 valence electrons. The molecule has 0 saturated carbocycles. The first kappa shape index (κ1) is 17.7. The smallest absolute Gasteiger partial charge is 0.355 e. The van der Waals surface area contributed by atoms with Crippen molar-refractivity contribution in [1.82, 2.24) is 10.6 Å². The first-order valence-electron chi connectivity index (χ1n) is 4.84. The van der Waals surface area contributed by atoms with Crippen molar-refractivity contribution in [3.05, 3.63) is 0 Å². The Kier molecular flexibility index (Phi) is 7.88. The average molecular weight is 310 g/mol. The van der Waals surface area contributed by atoms with Crippen LogP contribution >= 0.6 is 18.2 Å². The fraction of sp³-hybridized carbons (Fsp3) is 0.857. The van der Waals surface area contributed by atoms with E-state index in [1.807, 2.05) is 0 Å². The molecular formula is C7H14F3N2O4PS. The minimum atomic E-state index is -4.52. The predicted octanol–water partition coefficient (Wildman–Crippen LogP) is 0.470. The van der Waals surface area contributed by atoms with Crippen LogP contribution in [0.15, 0.2) is 0 Å². The Bertz CT molecular complexity index is 310. The summed E-state index contributed by atoms with van der Waals surface area (Å²) in [4.78, 5) is 27.7. The van der Waals surface area contributed by atoms with Gasteiger partial charge in [0.15, 0.2) is 0 Å². The van der Waals surface area contributed by atoms with Crippen LogP contribution in [-0.2, 0) is 9.36 Å². The second-order valence-corrected chi connectivity index (χ2v) is 7.06. The molecular weight excluding hydrogens is 296 g/mol. The summed E-state index contributed by atoms with van der Waals surface area (Å²) in [5.74, 6) is -0.935. The number of rotatable bonds is 8. The zero-order chi connectivity index (χ0) is 14.2. The summed E-state index contributed by atoms with van der Waals surface area (Å²) in [7, 11) is 0. The van der Waals surface area contributed by atoms with Crippen LogP contribution in [0.25, 0.3) is 0 Å². The number of hydrogen-bond acceptors (Lipinski definition) is 4. The van der Waals surface area contributed by atoms with Crippen LogP contribution in [0.2, 0.25) is 0 Å². The second-order valence-electron chi connectivity index (χ2n) is 3.22. The number of alkyl halides is 3. The minimum Gasteiger partial charge on any atom is -0.355 e. The predicted molar refractivity (Wildman–Crippen MR) is 61.1 cm³/mol. The van der Waals surface area contributed by atoms with Gasteiger partial charge in [-0.3, -0.25) is 4.79 Å². The zero-order valence-electron chi connectivity index (χ0n) is 9.24. The molecule has 0 aromatic heterocycles. The summed E-state index contributed by atoms with van der Waals surface area (Å²) < 4.78 is 45.6. The second kappa shape index (κ2) is 8.00. The number of hydrogen-bond donors (Lipinski definition) is 4. The maximum atomic E-state index is 11.7. The molecule has 0 spiro atoms. The van der Waals surface area contributed by atoms with Crippen molar-refractivity contribution in [1.29, 1.82) is 0 Å². The van der Waals surface area contributed by atoms with E-state index in [2.05, 4.69) is 10.6 Å². The summed E-state index contributed by atoms with van der Waals surface area (Å²) >= 11 is 0.474. The van der Waals surface area contributed by atoms with Gasteiger partial charge in [0.2, 0.25) is 5.91 Å². The average Bonchev–Trinajstić information content (AvgIpc) is 2.11. The Morgan fingerprint density at radius 2 is 1.83 bits per heavy atom. The van der Waals surface area contributed by atoms with Crippen molar-refractivity contribution in [2.75, 3.05) is 25.4 Å². The van der Waals surface area contributed by atoms with E-state index in [0.29, 0.717) is 11.4 Å². The first-order chi connectivity index (χ1) is 8.10. The molecule has 0 radical (unpaired) electrons. The van der Waals surface area contributed by atoms with Gasteiger partial charge in [0, 0.05) is 25.4 Å². The van der Waals surface area contributed by atoms with Crippen molar-refractivity contribution in [3.63, 3.8) is 0 Å². The number of carbonyl (C=O) groups excluding carboxylic acids is 1. The summed E-state index contributed by atoms with van der Waals surface area (Å²) in [5.41, 5.74) is 0. The van der Waals surface area contributed by atoms with Crippen LogP contribution < -0.4 is 10.6 Å². The van der Waals surface area contributed by atoms with E-state index in [1.165, 1.54) is 0 Å². The molecule has 0 aliphatic heterocycles.